The maximum Gasteiger partial charge on any atom is 0.254 e. The average molecular weight is 399 g/mol. The Morgan fingerprint density at radius 3 is 2.59 bits per heavy atom. The van der Waals surface area contributed by atoms with E-state index >= 15 is 0 Å². The number of hydrogen-bond donors (Lipinski definition) is 0. The molecule has 1 heterocycles. The van der Waals surface area contributed by atoms with E-state index in [4.69, 9.17) is 16.3 Å². The van der Waals surface area contributed by atoms with Crippen LogP contribution in [0.1, 0.15) is 33.9 Å². The van der Waals surface area contributed by atoms with Gasteiger partial charge < -0.3 is 9.64 Å². The number of ether oxygens (including phenoxy) is 1. The van der Waals surface area contributed by atoms with Crippen molar-refractivity contribution >= 4 is 28.8 Å². The first-order valence-electron chi connectivity index (χ1n) is 8.87. The van der Waals surface area contributed by atoms with E-state index in [9.17, 15) is 4.79 Å². The highest BCUT2D eigenvalue weighted by molar-refractivity contribution is 7.09. The summed E-state index contributed by atoms with van der Waals surface area (Å²) in [5.74, 6) is 0.857. The van der Waals surface area contributed by atoms with Gasteiger partial charge in [0.25, 0.3) is 5.91 Å². The first-order chi connectivity index (χ1) is 13.2. The van der Waals surface area contributed by atoms with Crippen molar-refractivity contribution in [2.75, 3.05) is 0 Å². The number of rotatable bonds is 7. The Balaban J connectivity index is 1.41. The average Bonchev–Trinajstić information content (AvgIpc) is 3.44. The van der Waals surface area contributed by atoms with Crippen molar-refractivity contribution < 1.29 is 9.53 Å². The van der Waals surface area contributed by atoms with E-state index in [-0.39, 0.29) is 5.91 Å². The van der Waals surface area contributed by atoms with Crippen molar-refractivity contribution in [3.63, 3.8) is 0 Å². The molecule has 4 nitrogen and oxygen atoms in total. The van der Waals surface area contributed by atoms with Crippen LogP contribution in [0.3, 0.4) is 0 Å². The maximum atomic E-state index is 12.9. The minimum absolute atomic E-state index is 0.0317. The van der Waals surface area contributed by atoms with Gasteiger partial charge in [-0.1, -0.05) is 29.8 Å². The molecule has 0 unspecified atom stereocenters. The van der Waals surface area contributed by atoms with Gasteiger partial charge in [0.2, 0.25) is 0 Å². The molecule has 1 aliphatic carbocycles. The summed E-state index contributed by atoms with van der Waals surface area (Å²) in [5.41, 5.74) is 1.56. The van der Waals surface area contributed by atoms with E-state index in [1.807, 2.05) is 40.6 Å². The molecule has 0 N–H and O–H groups in total. The van der Waals surface area contributed by atoms with E-state index < -0.39 is 0 Å². The number of carbonyl (C=O) groups is 1. The zero-order chi connectivity index (χ0) is 18.6. The van der Waals surface area contributed by atoms with Gasteiger partial charge in [0.05, 0.1) is 12.2 Å². The lowest BCUT2D eigenvalue weighted by atomic mass is 10.2. The van der Waals surface area contributed by atoms with Gasteiger partial charge in [0.1, 0.15) is 17.4 Å². The Bertz CT molecular complexity index is 907. The van der Waals surface area contributed by atoms with Gasteiger partial charge in [-0.2, -0.15) is 0 Å². The lowest BCUT2D eigenvalue weighted by Gasteiger charge is -2.21. The van der Waals surface area contributed by atoms with Crippen LogP contribution in [0.15, 0.2) is 60.0 Å². The lowest BCUT2D eigenvalue weighted by Crippen LogP contribution is -2.32. The van der Waals surface area contributed by atoms with Crippen LogP contribution in [0.25, 0.3) is 0 Å². The molecule has 0 radical (unpaired) electrons. The summed E-state index contributed by atoms with van der Waals surface area (Å²) in [6.45, 7) is 0.956. The third kappa shape index (κ3) is 4.67. The molecule has 4 rings (SSSR count). The van der Waals surface area contributed by atoms with Gasteiger partial charge in [-0.05, 0) is 49.2 Å². The van der Waals surface area contributed by atoms with Crippen molar-refractivity contribution in [1.29, 1.82) is 0 Å². The first-order valence-corrected chi connectivity index (χ1v) is 10.1. The Labute approximate surface area is 167 Å². The maximum absolute atomic E-state index is 12.9. The van der Waals surface area contributed by atoms with Crippen LogP contribution in [-0.2, 0) is 13.2 Å². The van der Waals surface area contributed by atoms with E-state index in [1.165, 1.54) is 0 Å². The van der Waals surface area contributed by atoms with Crippen molar-refractivity contribution in [2.24, 2.45) is 0 Å². The van der Waals surface area contributed by atoms with Gasteiger partial charge in [-0.15, -0.1) is 11.3 Å². The predicted molar refractivity (Wildman–Crippen MR) is 107 cm³/mol. The fourth-order valence-electron chi connectivity index (χ4n) is 2.84. The van der Waals surface area contributed by atoms with Crippen LogP contribution in [0, 0.1) is 0 Å². The van der Waals surface area contributed by atoms with Crippen molar-refractivity contribution in [1.82, 2.24) is 9.88 Å². The highest BCUT2D eigenvalue weighted by Gasteiger charge is 2.33. The first kappa shape index (κ1) is 18.0. The molecule has 1 aromatic heterocycles. The van der Waals surface area contributed by atoms with Crippen LogP contribution >= 0.6 is 22.9 Å². The molecule has 0 saturated heterocycles. The molecular weight excluding hydrogens is 380 g/mol. The second-order valence-electron chi connectivity index (χ2n) is 6.51. The topological polar surface area (TPSA) is 42.4 Å². The van der Waals surface area contributed by atoms with Gasteiger partial charge in [-0.25, -0.2) is 4.98 Å². The van der Waals surface area contributed by atoms with Gasteiger partial charge in [-0.3, -0.25) is 4.79 Å². The van der Waals surface area contributed by atoms with Gasteiger partial charge in [0.15, 0.2) is 0 Å². The molecular formula is C21H19ClN2O2S. The Morgan fingerprint density at radius 1 is 1.15 bits per heavy atom. The standard InChI is InChI=1S/C21H19ClN2O2S/c22-16-8-6-15(7-9-16)21(25)24(18-10-11-18)12-17-14-27-20(23-17)13-26-19-4-2-1-3-5-19/h1-9,14,18H,10-13H2. The molecule has 1 saturated carbocycles. The van der Waals surface area contributed by atoms with Gasteiger partial charge >= 0.3 is 0 Å². The normalized spacial score (nSPS) is 13.4. The lowest BCUT2D eigenvalue weighted by molar-refractivity contribution is 0.0728. The van der Waals surface area contributed by atoms with Crippen LogP contribution < -0.4 is 4.74 Å². The number of nitrogens with zero attached hydrogens (tertiary/aromatic N) is 2. The second kappa shape index (κ2) is 8.11. The molecule has 0 bridgehead atoms. The van der Waals surface area contributed by atoms with E-state index in [1.54, 1.807) is 35.6 Å². The fourth-order valence-corrected chi connectivity index (χ4v) is 3.66. The SMILES string of the molecule is O=C(c1ccc(Cl)cc1)N(Cc1csc(COc2ccccc2)n1)C1CC1. The molecule has 138 valence electrons. The summed E-state index contributed by atoms with van der Waals surface area (Å²) in [4.78, 5) is 19.5. The van der Waals surface area contributed by atoms with Crippen LogP contribution in [-0.4, -0.2) is 21.8 Å². The largest absolute Gasteiger partial charge is 0.486 e. The summed E-state index contributed by atoms with van der Waals surface area (Å²) < 4.78 is 5.75. The van der Waals surface area contributed by atoms with Crippen LogP contribution in [0.4, 0.5) is 0 Å². The minimum atomic E-state index is 0.0317. The third-order valence-corrected chi connectivity index (χ3v) is 5.50. The predicted octanol–water partition coefficient (Wildman–Crippen LogP) is 5.18. The van der Waals surface area contributed by atoms with E-state index in [0.717, 1.165) is 29.3 Å². The monoisotopic (exact) mass is 398 g/mol. The number of thiazole rings is 1. The summed E-state index contributed by atoms with van der Waals surface area (Å²) in [7, 11) is 0. The number of carbonyl (C=O) groups excluding carboxylic acids is 1. The molecule has 1 aliphatic rings. The fraction of sp³-hybridized carbons (Fsp3) is 0.238. The zero-order valence-electron chi connectivity index (χ0n) is 14.7. The van der Waals surface area contributed by atoms with E-state index in [0.29, 0.717) is 29.8 Å². The highest BCUT2D eigenvalue weighted by atomic mass is 35.5. The van der Waals surface area contributed by atoms with Crippen molar-refractivity contribution in [2.45, 2.75) is 32.0 Å². The molecule has 1 amide bonds. The Hall–Kier alpha value is -2.37. The number of hydrogen-bond acceptors (Lipinski definition) is 4. The smallest absolute Gasteiger partial charge is 0.254 e. The number of aromatic nitrogens is 1. The summed E-state index contributed by atoms with van der Waals surface area (Å²) in [5, 5.41) is 3.55. The number of amides is 1. The van der Waals surface area contributed by atoms with Crippen molar-refractivity contribution in [3.8, 4) is 5.75 Å². The zero-order valence-corrected chi connectivity index (χ0v) is 16.2. The molecule has 2 aromatic carbocycles. The number of halogens is 1. The van der Waals surface area contributed by atoms with Crippen molar-refractivity contribution in [3.05, 3.63) is 81.3 Å². The molecule has 3 aromatic rings. The summed E-state index contributed by atoms with van der Waals surface area (Å²) in [6.07, 6.45) is 2.10. The molecule has 27 heavy (non-hydrogen) atoms. The second-order valence-corrected chi connectivity index (χ2v) is 7.88. The quantitative estimate of drug-likeness (QED) is 0.550. The number of para-hydroxylation sites is 1. The Kier molecular flexibility index (Phi) is 5.41. The molecule has 0 atom stereocenters. The molecule has 1 fully saturated rings. The summed E-state index contributed by atoms with van der Waals surface area (Å²) >= 11 is 7.49. The Morgan fingerprint density at radius 2 is 1.89 bits per heavy atom. The molecule has 6 heteroatoms. The van der Waals surface area contributed by atoms with Gasteiger partial charge in [0, 0.05) is 22.0 Å². The third-order valence-electron chi connectivity index (χ3n) is 4.38. The highest BCUT2D eigenvalue weighted by Crippen LogP contribution is 2.30. The van der Waals surface area contributed by atoms with Crippen LogP contribution in [0.5, 0.6) is 5.75 Å². The minimum Gasteiger partial charge on any atom is -0.486 e. The summed E-state index contributed by atoms with van der Waals surface area (Å²) in [6, 6.07) is 17.1. The van der Waals surface area contributed by atoms with E-state index in [2.05, 4.69) is 4.98 Å². The molecule has 0 aliphatic heterocycles. The molecule has 0 spiro atoms. The number of benzene rings is 2. The van der Waals surface area contributed by atoms with Crippen LogP contribution in [0.2, 0.25) is 5.02 Å².